The number of amides is 3. The molecule has 0 bridgehead atoms. The van der Waals surface area contributed by atoms with Crippen molar-refractivity contribution in [1.82, 2.24) is 5.32 Å². The number of benzene rings is 2. The van der Waals surface area contributed by atoms with Crippen LogP contribution in [0.5, 0.6) is 5.75 Å². The first kappa shape index (κ1) is 29.7. The molecule has 0 unspecified atom stereocenters. The molecular weight excluding hydrogens is 597 g/mol. The lowest BCUT2D eigenvalue weighted by atomic mass is 10.1. The molecule has 0 saturated carbocycles. The summed E-state index contributed by atoms with van der Waals surface area (Å²) in [5.74, 6) is -2.15. The molecule has 0 spiro atoms. The number of esters is 1. The van der Waals surface area contributed by atoms with Gasteiger partial charge in [0.15, 0.2) is 0 Å². The summed E-state index contributed by atoms with van der Waals surface area (Å²) in [4.78, 5) is 52.0. The van der Waals surface area contributed by atoms with E-state index >= 15 is 0 Å². The van der Waals surface area contributed by atoms with Crippen LogP contribution in [-0.4, -0.2) is 37.9 Å². The maximum atomic E-state index is 13.5. The second-order valence-corrected chi connectivity index (χ2v) is 9.85. The van der Waals surface area contributed by atoms with Gasteiger partial charge in [-0.05, 0) is 61.5 Å². The first-order valence-electron chi connectivity index (χ1n) is 11.9. The van der Waals surface area contributed by atoms with Crippen LogP contribution in [0, 0.1) is 0 Å². The molecule has 2 aromatic carbocycles. The molecule has 1 aromatic heterocycles. The van der Waals surface area contributed by atoms with E-state index in [0.717, 1.165) is 0 Å². The van der Waals surface area contributed by atoms with Gasteiger partial charge in [0.05, 0.1) is 42.6 Å². The SMILES string of the molecule is COC(=O)C1=C(C)N(c2ccc(OC)c(Cl)c2)C(=O)/C1=C/c1ccc(CNC(=O)C(=O)Nc2cc(Cl)cc(Cl)c2)o1. The molecule has 0 fully saturated rings. The van der Waals surface area contributed by atoms with Crippen molar-refractivity contribution < 1.29 is 33.1 Å². The number of methoxy groups -OCH3 is 2. The molecule has 0 radical (unpaired) electrons. The highest BCUT2D eigenvalue weighted by atomic mass is 35.5. The average molecular weight is 619 g/mol. The van der Waals surface area contributed by atoms with Crippen molar-refractivity contribution in [2.75, 3.05) is 24.4 Å². The fourth-order valence-electron chi connectivity index (χ4n) is 4.06. The predicted molar refractivity (Wildman–Crippen MR) is 154 cm³/mol. The summed E-state index contributed by atoms with van der Waals surface area (Å²) < 4.78 is 15.8. The molecule has 4 rings (SSSR count). The van der Waals surface area contributed by atoms with Crippen molar-refractivity contribution in [3.63, 3.8) is 0 Å². The number of hydrogen-bond donors (Lipinski definition) is 2. The minimum atomic E-state index is -0.934. The van der Waals surface area contributed by atoms with Gasteiger partial charge < -0.3 is 24.5 Å². The van der Waals surface area contributed by atoms with Crippen LogP contribution in [0.25, 0.3) is 6.08 Å². The Morgan fingerprint density at radius 3 is 2.32 bits per heavy atom. The quantitative estimate of drug-likeness (QED) is 0.207. The second-order valence-electron chi connectivity index (χ2n) is 8.57. The average Bonchev–Trinajstić information content (AvgIpc) is 3.47. The molecule has 2 heterocycles. The van der Waals surface area contributed by atoms with E-state index in [4.69, 9.17) is 48.7 Å². The molecular formula is C28H22Cl3N3O7. The third-order valence-electron chi connectivity index (χ3n) is 5.90. The van der Waals surface area contributed by atoms with Gasteiger partial charge in [-0.1, -0.05) is 34.8 Å². The van der Waals surface area contributed by atoms with E-state index in [-0.39, 0.29) is 39.9 Å². The number of carbonyl (C=O) groups is 4. The Balaban J connectivity index is 1.50. The molecule has 3 aromatic rings. The maximum absolute atomic E-state index is 13.5. The summed E-state index contributed by atoms with van der Waals surface area (Å²) in [6.45, 7) is 1.48. The zero-order valence-corrected chi connectivity index (χ0v) is 24.1. The largest absolute Gasteiger partial charge is 0.495 e. The molecule has 13 heteroatoms. The second kappa shape index (κ2) is 12.5. The van der Waals surface area contributed by atoms with Crippen molar-refractivity contribution in [3.05, 3.63) is 92.0 Å². The summed E-state index contributed by atoms with van der Waals surface area (Å²) in [6.07, 6.45) is 1.39. The van der Waals surface area contributed by atoms with Crippen molar-refractivity contribution >= 4 is 75.9 Å². The normalized spacial score (nSPS) is 14.0. The fourth-order valence-corrected chi connectivity index (χ4v) is 4.83. The number of carbonyl (C=O) groups excluding carboxylic acids is 4. The van der Waals surface area contributed by atoms with Gasteiger partial charge in [0, 0.05) is 21.4 Å². The molecule has 3 amide bonds. The van der Waals surface area contributed by atoms with Crippen LogP contribution in [0.3, 0.4) is 0 Å². The summed E-state index contributed by atoms with van der Waals surface area (Å²) in [6, 6.07) is 12.3. The van der Waals surface area contributed by atoms with E-state index in [0.29, 0.717) is 27.2 Å². The zero-order chi connectivity index (χ0) is 29.8. The van der Waals surface area contributed by atoms with Gasteiger partial charge in [-0.25, -0.2) is 4.79 Å². The van der Waals surface area contributed by atoms with Crippen molar-refractivity contribution in [3.8, 4) is 5.75 Å². The number of rotatable bonds is 7. The van der Waals surface area contributed by atoms with E-state index in [1.807, 2.05) is 0 Å². The van der Waals surface area contributed by atoms with Crippen LogP contribution in [0.15, 0.2) is 69.8 Å². The van der Waals surface area contributed by atoms with E-state index in [1.54, 1.807) is 37.3 Å². The van der Waals surface area contributed by atoms with Crippen LogP contribution in [-0.2, 0) is 30.5 Å². The highest BCUT2D eigenvalue weighted by molar-refractivity contribution is 6.40. The van der Waals surface area contributed by atoms with Crippen LogP contribution < -0.4 is 20.3 Å². The van der Waals surface area contributed by atoms with Gasteiger partial charge in [0.1, 0.15) is 17.3 Å². The first-order valence-corrected chi connectivity index (χ1v) is 13.0. The number of hydrogen-bond acceptors (Lipinski definition) is 7. The minimum Gasteiger partial charge on any atom is -0.495 e. The Hall–Kier alpha value is -4.25. The number of nitrogens with one attached hydrogen (secondary N) is 2. The van der Waals surface area contributed by atoms with E-state index in [9.17, 15) is 19.2 Å². The molecule has 0 saturated heterocycles. The Kier molecular flexibility index (Phi) is 9.07. The number of anilines is 2. The van der Waals surface area contributed by atoms with Crippen LogP contribution in [0.4, 0.5) is 11.4 Å². The molecule has 2 N–H and O–H groups in total. The highest BCUT2D eigenvalue weighted by Crippen LogP contribution is 2.38. The standard InChI is InChI=1S/C28H22Cl3N3O7/c1-14-24(28(38)40-3)21(27(37)34(14)18-4-7-23(39-2)22(31)11-18)12-19-5-6-20(41-19)13-32-25(35)26(36)33-17-9-15(29)8-16(30)10-17/h4-12H,13H2,1-3H3,(H,32,35)(H,33,36)/b21-12+. The predicted octanol–water partition coefficient (Wildman–Crippen LogP) is 5.38. The molecule has 0 aliphatic carbocycles. The lowest BCUT2D eigenvalue weighted by Gasteiger charge is -2.18. The van der Waals surface area contributed by atoms with Gasteiger partial charge >= 0.3 is 17.8 Å². The highest BCUT2D eigenvalue weighted by Gasteiger charge is 2.38. The van der Waals surface area contributed by atoms with Crippen LogP contribution in [0.1, 0.15) is 18.4 Å². The first-order chi connectivity index (χ1) is 19.5. The third-order valence-corrected chi connectivity index (χ3v) is 6.63. The summed E-state index contributed by atoms with van der Waals surface area (Å²) in [7, 11) is 2.68. The van der Waals surface area contributed by atoms with Gasteiger partial charge in [0.2, 0.25) is 0 Å². The Labute approximate surface area is 249 Å². The Bertz CT molecular complexity index is 1610. The zero-order valence-electron chi connectivity index (χ0n) is 21.8. The topological polar surface area (TPSA) is 127 Å². The smallest absolute Gasteiger partial charge is 0.340 e. The summed E-state index contributed by atoms with van der Waals surface area (Å²) in [5.41, 5.74) is 1.09. The molecule has 212 valence electrons. The Morgan fingerprint density at radius 2 is 1.68 bits per heavy atom. The van der Waals surface area contributed by atoms with Gasteiger partial charge in [0.25, 0.3) is 5.91 Å². The summed E-state index contributed by atoms with van der Waals surface area (Å²) >= 11 is 18.1. The molecule has 1 aliphatic heterocycles. The van der Waals surface area contributed by atoms with Gasteiger partial charge in [-0.3, -0.25) is 19.3 Å². The van der Waals surface area contributed by atoms with Crippen molar-refractivity contribution in [2.24, 2.45) is 0 Å². The Morgan fingerprint density at radius 1 is 0.976 bits per heavy atom. The van der Waals surface area contributed by atoms with Crippen LogP contribution >= 0.6 is 34.8 Å². The number of nitrogens with zero attached hydrogens (tertiary/aromatic N) is 1. The molecule has 41 heavy (non-hydrogen) atoms. The monoisotopic (exact) mass is 617 g/mol. The van der Waals surface area contributed by atoms with Crippen molar-refractivity contribution in [2.45, 2.75) is 13.5 Å². The number of ether oxygens (including phenoxy) is 2. The van der Waals surface area contributed by atoms with E-state index in [1.165, 1.54) is 43.4 Å². The number of allylic oxidation sites excluding steroid dienone is 1. The minimum absolute atomic E-state index is 0.0331. The third kappa shape index (κ3) is 6.57. The molecule has 1 aliphatic rings. The lowest BCUT2D eigenvalue weighted by molar-refractivity contribution is -0.136. The molecule has 10 nitrogen and oxygen atoms in total. The van der Waals surface area contributed by atoms with Gasteiger partial charge in [-0.15, -0.1) is 0 Å². The van der Waals surface area contributed by atoms with Gasteiger partial charge in [-0.2, -0.15) is 0 Å². The number of furan rings is 1. The van der Waals surface area contributed by atoms with E-state index in [2.05, 4.69) is 10.6 Å². The maximum Gasteiger partial charge on any atom is 0.340 e. The van der Waals surface area contributed by atoms with Crippen LogP contribution in [0.2, 0.25) is 15.1 Å². The lowest BCUT2D eigenvalue weighted by Crippen LogP contribution is -2.34. The number of halogens is 3. The summed E-state index contributed by atoms with van der Waals surface area (Å²) in [5, 5.41) is 5.71. The van der Waals surface area contributed by atoms with E-state index < -0.39 is 23.7 Å². The van der Waals surface area contributed by atoms with Crippen molar-refractivity contribution in [1.29, 1.82) is 0 Å². The molecule has 0 atom stereocenters. The fraction of sp³-hybridized carbons (Fsp3) is 0.143.